The maximum absolute atomic E-state index is 10.8. The van der Waals surface area contributed by atoms with Gasteiger partial charge in [-0.25, -0.2) is 4.98 Å². The summed E-state index contributed by atoms with van der Waals surface area (Å²) in [7, 11) is 1.20. The van der Waals surface area contributed by atoms with Gasteiger partial charge in [-0.3, -0.25) is 14.9 Å². The van der Waals surface area contributed by atoms with Crippen LogP contribution in [0, 0.1) is 10.1 Å². The fraction of sp³-hybridized carbons (Fsp3) is 0.286. The largest absolute Gasteiger partial charge is 0.468 e. The highest BCUT2D eigenvalue weighted by Gasteiger charge is 2.17. The van der Waals surface area contributed by atoms with Gasteiger partial charge in [-0.2, -0.15) is 4.98 Å². The number of hydrogen-bond acceptors (Lipinski definition) is 7. The van der Waals surface area contributed by atoms with Gasteiger partial charge in [0.1, 0.15) is 12.7 Å². The molecule has 0 aliphatic heterocycles. The number of aromatic nitrogens is 2. The number of nitrogens with zero attached hydrogens (tertiary/aromatic N) is 3. The number of ether oxygens (including phenoxy) is 1. The summed E-state index contributed by atoms with van der Waals surface area (Å²) < 4.78 is 4.35. The average molecular weight is 247 g/mol. The van der Waals surface area contributed by atoms with Crippen molar-refractivity contribution in [3.05, 3.63) is 21.6 Å². The van der Waals surface area contributed by atoms with Crippen molar-refractivity contribution in [1.82, 2.24) is 9.97 Å². The van der Waals surface area contributed by atoms with Crippen molar-refractivity contribution in [1.29, 1.82) is 0 Å². The first kappa shape index (κ1) is 12.1. The summed E-state index contributed by atoms with van der Waals surface area (Å²) in [5.41, 5.74) is -0.367. The normalized spacial score (nSPS) is 9.62. The standard InChI is InChI=1S/C7H7ClN4O4/c1-16-5(13)3-9-6-4(12(14)15)2-10-7(8)11-6/h2H,3H2,1H3,(H,9,10,11). The molecule has 0 radical (unpaired) electrons. The van der Waals surface area contributed by atoms with Crippen LogP contribution in [0.5, 0.6) is 0 Å². The minimum atomic E-state index is -0.685. The number of carbonyl (C=O) groups is 1. The highest BCUT2D eigenvalue weighted by Crippen LogP contribution is 2.21. The molecule has 8 nitrogen and oxygen atoms in total. The Bertz CT molecular complexity index is 425. The predicted octanol–water partition coefficient (Wildman–Crippen LogP) is 0.623. The Hall–Kier alpha value is -1.96. The van der Waals surface area contributed by atoms with Crippen molar-refractivity contribution >= 4 is 29.1 Å². The number of methoxy groups -OCH3 is 1. The summed E-state index contributed by atoms with van der Waals surface area (Å²) in [5.74, 6) is -0.709. The lowest BCUT2D eigenvalue weighted by molar-refractivity contribution is -0.384. The number of esters is 1. The topological polar surface area (TPSA) is 107 Å². The zero-order valence-electron chi connectivity index (χ0n) is 8.14. The lowest BCUT2D eigenvalue weighted by Gasteiger charge is -2.04. The Labute approximate surface area is 94.7 Å². The molecule has 86 valence electrons. The van der Waals surface area contributed by atoms with E-state index in [0.717, 1.165) is 6.20 Å². The summed E-state index contributed by atoms with van der Waals surface area (Å²) in [5, 5.41) is 12.9. The quantitative estimate of drug-likeness (QED) is 0.359. The third-order valence-electron chi connectivity index (χ3n) is 1.56. The molecule has 1 N–H and O–H groups in total. The predicted molar refractivity (Wildman–Crippen MR) is 54.2 cm³/mol. The summed E-state index contributed by atoms with van der Waals surface area (Å²) in [4.78, 5) is 27.8. The van der Waals surface area contributed by atoms with Crippen LogP contribution in [-0.4, -0.2) is 34.5 Å². The highest BCUT2D eigenvalue weighted by molar-refractivity contribution is 6.28. The zero-order chi connectivity index (χ0) is 12.1. The number of nitrogens with one attached hydrogen (secondary N) is 1. The number of hydrogen-bond donors (Lipinski definition) is 1. The van der Waals surface area contributed by atoms with E-state index in [1.165, 1.54) is 7.11 Å². The van der Waals surface area contributed by atoms with Crippen LogP contribution in [0.3, 0.4) is 0 Å². The molecule has 0 aliphatic carbocycles. The molecule has 0 spiro atoms. The second-order valence-corrected chi connectivity index (χ2v) is 2.90. The van der Waals surface area contributed by atoms with Crippen LogP contribution in [0.1, 0.15) is 0 Å². The smallest absolute Gasteiger partial charge is 0.329 e. The Balaban J connectivity index is 2.88. The number of nitro groups is 1. The molecule has 1 aromatic rings. The van der Waals surface area contributed by atoms with Crippen molar-refractivity contribution < 1.29 is 14.5 Å². The molecule has 0 bridgehead atoms. The van der Waals surface area contributed by atoms with Gasteiger partial charge in [0.25, 0.3) is 0 Å². The molecular formula is C7H7ClN4O4. The van der Waals surface area contributed by atoms with Crippen LogP contribution < -0.4 is 5.32 Å². The number of rotatable bonds is 4. The van der Waals surface area contributed by atoms with Crippen molar-refractivity contribution in [2.75, 3.05) is 19.0 Å². The van der Waals surface area contributed by atoms with Gasteiger partial charge in [-0.15, -0.1) is 0 Å². The zero-order valence-corrected chi connectivity index (χ0v) is 8.89. The molecule has 0 saturated heterocycles. The van der Waals surface area contributed by atoms with Crippen molar-refractivity contribution in [3.8, 4) is 0 Å². The van der Waals surface area contributed by atoms with E-state index in [1.54, 1.807) is 0 Å². The molecule has 0 fully saturated rings. The van der Waals surface area contributed by atoms with Gasteiger partial charge in [0.05, 0.1) is 12.0 Å². The maximum atomic E-state index is 10.8. The monoisotopic (exact) mass is 246 g/mol. The van der Waals surface area contributed by atoms with Gasteiger partial charge in [0.15, 0.2) is 0 Å². The van der Waals surface area contributed by atoms with Crippen LogP contribution in [-0.2, 0) is 9.53 Å². The Morgan fingerprint density at radius 3 is 3.00 bits per heavy atom. The summed E-state index contributed by atoms with van der Waals surface area (Å²) in [6, 6.07) is 0. The molecule has 16 heavy (non-hydrogen) atoms. The van der Waals surface area contributed by atoms with Crippen LogP contribution in [0.2, 0.25) is 5.28 Å². The second-order valence-electron chi connectivity index (χ2n) is 2.56. The minimum absolute atomic E-state index is 0.129. The van der Waals surface area contributed by atoms with E-state index >= 15 is 0 Å². The Morgan fingerprint density at radius 2 is 2.44 bits per heavy atom. The maximum Gasteiger partial charge on any atom is 0.329 e. The third-order valence-corrected chi connectivity index (χ3v) is 1.75. The molecule has 1 aromatic heterocycles. The van der Waals surface area contributed by atoms with Crippen molar-refractivity contribution in [2.45, 2.75) is 0 Å². The van der Waals surface area contributed by atoms with Crippen molar-refractivity contribution in [3.63, 3.8) is 0 Å². The van der Waals surface area contributed by atoms with Crippen molar-refractivity contribution in [2.24, 2.45) is 0 Å². The Morgan fingerprint density at radius 1 is 1.75 bits per heavy atom. The first-order chi connectivity index (χ1) is 7.54. The van der Waals surface area contributed by atoms with E-state index in [1.807, 2.05) is 0 Å². The van der Waals surface area contributed by atoms with Gasteiger partial charge < -0.3 is 10.1 Å². The van der Waals surface area contributed by atoms with E-state index in [9.17, 15) is 14.9 Å². The van der Waals surface area contributed by atoms with Crippen LogP contribution >= 0.6 is 11.6 Å². The second kappa shape index (κ2) is 5.21. The third kappa shape index (κ3) is 3.02. The van der Waals surface area contributed by atoms with Gasteiger partial charge in [0.2, 0.25) is 11.1 Å². The number of halogens is 1. The summed E-state index contributed by atoms with van der Waals surface area (Å²) >= 11 is 5.47. The fourth-order valence-electron chi connectivity index (χ4n) is 0.846. The average Bonchev–Trinajstić information content (AvgIpc) is 2.25. The molecule has 1 rings (SSSR count). The van der Waals surface area contributed by atoms with Crippen LogP contribution in [0.15, 0.2) is 6.20 Å². The summed E-state index contributed by atoms with van der Waals surface area (Å²) in [6.07, 6.45) is 0.953. The lowest BCUT2D eigenvalue weighted by Crippen LogP contribution is -2.16. The summed E-state index contributed by atoms with van der Waals surface area (Å²) in [6.45, 7) is -0.245. The van der Waals surface area contributed by atoms with E-state index in [2.05, 4.69) is 20.0 Å². The van der Waals surface area contributed by atoms with Gasteiger partial charge >= 0.3 is 11.7 Å². The lowest BCUT2D eigenvalue weighted by atomic mass is 10.4. The Kier molecular flexibility index (Phi) is 3.95. The van der Waals surface area contributed by atoms with E-state index in [0.29, 0.717) is 0 Å². The van der Waals surface area contributed by atoms with Crippen LogP contribution in [0.4, 0.5) is 11.5 Å². The molecule has 0 unspecified atom stereocenters. The molecule has 9 heteroatoms. The van der Waals surface area contributed by atoms with E-state index in [-0.39, 0.29) is 23.3 Å². The molecular weight excluding hydrogens is 240 g/mol. The first-order valence-corrected chi connectivity index (χ1v) is 4.40. The first-order valence-electron chi connectivity index (χ1n) is 4.02. The van der Waals surface area contributed by atoms with Gasteiger partial charge in [-0.1, -0.05) is 0 Å². The number of carbonyl (C=O) groups excluding carboxylic acids is 1. The molecule has 0 aromatic carbocycles. The SMILES string of the molecule is COC(=O)CNc1nc(Cl)ncc1[N+](=O)[O-]. The van der Waals surface area contributed by atoms with E-state index < -0.39 is 10.9 Å². The van der Waals surface area contributed by atoms with Crippen LogP contribution in [0.25, 0.3) is 0 Å². The van der Waals surface area contributed by atoms with E-state index in [4.69, 9.17) is 11.6 Å². The number of anilines is 1. The molecule has 0 aliphatic rings. The molecule has 0 saturated carbocycles. The van der Waals surface area contributed by atoms with Gasteiger partial charge in [-0.05, 0) is 11.6 Å². The molecule has 0 amide bonds. The van der Waals surface area contributed by atoms with Gasteiger partial charge in [0, 0.05) is 0 Å². The highest BCUT2D eigenvalue weighted by atomic mass is 35.5. The molecule has 0 atom stereocenters. The molecule has 1 heterocycles. The fourth-order valence-corrected chi connectivity index (χ4v) is 0.979. The minimum Gasteiger partial charge on any atom is -0.468 e.